The summed E-state index contributed by atoms with van der Waals surface area (Å²) in [6.07, 6.45) is 2.43. The number of benzene rings is 3. The number of halogens is 2. The highest BCUT2D eigenvalue weighted by Gasteiger charge is 2.24. The second-order valence-electron chi connectivity index (χ2n) is 13.7. The van der Waals surface area contributed by atoms with Gasteiger partial charge in [-0.1, -0.05) is 72.4 Å². The van der Waals surface area contributed by atoms with E-state index in [1.165, 1.54) is 23.9 Å². The van der Waals surface area contributed by atoms with Gasteiger partial charge in [0.25, 0.3) is 5.56 Å². The van der Waals surface area contributed by atoms with E-state index in [1.54, 1.807) is 12.1 Å². The predicted molar refractivity (Wildman–Crippen MR) is 200 cm³/mol. The minimum atomic E-state index is -0.474. The van der Waals surface area contributed by atoms with Crippen molar-refractivity contribution in [2.24, 2.45) is 0 Å². The van der Waals surface area contributed by atoms with Crippen LogP contribution in [0.25, 0.3) is 11.1 Å². The lowest BCUT2D eigenvalue weighted by molar-refractivity contribution is 0.175. The summed E-state index contributed by atoms with van der Waals surface area (Å²) >= 11 is 1.48. The highest BCUT2D eigenvalue weighted by atomic mass is 32.2. The Hall–Kier alpha value is -4.19. The summed E-state index contributed by atoms with van der Waals surface area (Å²) in [6.45, 7) is 11.7. The molecule has 1 aliphatic rings. The Morgan fingerprint density at radius 1 is 0.804 bits per heavy atom. The molecule has 1 N–H and O–H groups in total. The molecule has 0 aliphatic heterocycles. The smallest absolute Gasteiger partial charge is 0.277 e. The lowest BCUT2D eigenvalue weighted by atomic mass is 10.0. The molecule has 0 spiro atoms. The molecule has 0 unspecified atom stereocenters. The summed E-state index contributed by atoms with van der Waals surface area (Å²) in [7, 11) is 0. The zero-order chi connectivity index (χ0) is 35.9. The molecule has 268 valence electrons. The summed E-state index contributed by atoms with van der Waals surface area (Å²) < 4.78 is 31.0. The number of rotatable bonds is 16. The average Bonchev–Trinajstić information content (AvgIpc) is 3.77. The molecule has 1 aliphatic carbocycles. The van der Waals surface area contributed by atoms with Crippen molar-refractivity contribution in [2.75, 3.05) is 13.1 Å². The summed E-state index contributed by atoms with van der Waals surface area (Å²) in [4.78, 5) is 20.1. The van der Waals surface area contributed by atoms with Crippen molar-refractivity contribution in [3.05, 3.63) is 129 Å². The van der Waals surface area contributed by atoms with Crippen LogP contribution in [0.5, 0.6) is 0 Å². The van der Waals surface area contributed by atoms with Crippen LogP contribution in [0.4, 0.5) is 8.78 Å². The van der Waals surface area contributed by atoms with Gasteiger partial charge in [-0.25, -0.2) is 8.78 Å². The topological polar surface area (TPSA) is 80.9 Å². The SMILES string of the molecule is CC(C)N(CCNCc1nnc(Cn2c(SCc3ccc(F)cc3)nc(=O)c3c2CCC3)n1Cc1ccc(-c2ccc(CF)cc2)cc1)C(C)C. The van der Waals surface area contributed by atoms with Crippen LogP contribution in [0.3, 0.4) is 0 Å². The van der Waals surface area contributed by atoms with Crippen molar-refractivity contribution in [1.82, 2.24) is 34.5 Å². The van der Waals surface area contributed by atoms with Gasteiger partial charge in [0, 0.05) is 42.2 Å². The number of nitrogens with zero attached hydrogens (tertiary/aromatic N) is 6. The van der Waals surface area contributed by atoms with Crippen molar-refractivity contribution >= 4 is 11.8 Å². The normalized spacial score (nSPS) is 12.8. The number of nitrogens with one attached hydrogen (secondary N) is 1. The molecule has 2 heterocycles. The van der Waals surface area contributed by atoms with Gasteiger partial charge in [-0.2, -0.15) is 4.98 Å². The van der Waals surface area contributed by atoms with E-state index < -0.39 is 6.67 Å². The first-order valence-corrected chi connectivity index (χ1v) is 18.8. The van der Waals surface area contributed by atoms with Gasteiger partial charge < -0.3 is 14.5 Å². The van der Waals surface area contributed by atoms with E-state index in [-0.39, 0.29) is 11.4 Å². The van der Waals surface area contributed by atoms with Crippen LogP contribution in [-0.4, -0.2) is 54.4 Å². The van der Waals surface area contributed by atoms with E-state index in [1.807, 2.05) is 24.3 Å². The second-order valence-corrected chi connectivity index (χ2v) is 14.7. The third kappa shape index (κ3) is 9.01. The van der Waals surface area contributed by atoms with Crippen LogP contribution in [0.2, 0.25) is 0 Å². The van der Waals surface area contributed by atoms with Crippen molar-refractivity contribution in [1.29, 1.82) is 0 Å². The van der Waals surface area contributed by atoms with Gasteiger partial charge in [0.1, 0.15) is 18.3 Å². The maximum absolute atomic E-state index is 13.6. The Kier molecular flexibility index (Phi) is 12.1. The quantitative estimate of drug-likeness (QED) is 0.0659. The van der Waals surface area contributed by atoms with E-state index >= 15 is 0 Å². The van der Waals surface area contributed by atoms with Crippen LogP contribution in [-0.2, 0) is 44.9 Å². The van der Waals surface area contributed by atoms with E-state index in [0.29, 0.717) is 48.2 Å². The predicted octanol–water partition coefficient (Wildman–Crippen LogP) is 7.20. The summed E-state index contributed by atoms with van der Waals surface area (Å²) in [6, 6.07) is 23.3. The van der Waals surface area contributed by atoms with Crippen LogP contribution in [0, 0.1) is 5.82 Å². The van der Waals surface area contributed by atoms with Crippen molar-refractivity contribution in [3.8, 4) is 11.1 Å². The Morgan fingerprint density at radius 2 is 1.43 bits per heavy atom. The molecule has 0 amide bonds. The summed E-state index contributed by atoms with van der Waals surface area (Å²) in [5, 5.41) is 13.7. The molecule has 5 aromatic rings. The molecule has 0 atom stereocenters. The van der Waals surface area contributed by atoms with E-state index in [9.17, 15) is 13.6 Å². The van der Waals surface area contributed by atoms with Crippen LogP contribution in [0.1, 0.15) is 73.7 Å². The van der Waals surface area contributed by atoms with E-state index in [2.05, 4.69) is 81.4 Å². The minimum absolute atomic E-state index is 0.164. The maximum atomic E-state index is 13.6. The number of aromatic nitrogens is 5. The lowest BCUT2D eigenvalue weighted by Gasteiger charge is -2.30. The minimum Gasteiger partial charge on any atom is -0.316 e. The standard InChI is InChI=1S/C40H47F2N7OS/c1-27(2)47(28(3)4)21-20-43-23-37-45-46-38(49(37)24-30-10-16-33(17-11-30)32-14-8-29(22-41)9-15-32)25-48-36-7-5-6-35(36)39(50)44-40(48)51-26-31-12-18-34(42)19-13-31/h8-19,27-28,43H,5-7,20-26H2,1-4H3. The van der Waals surface area contributed by atoms with Crippen molar-refractivity contribution < 1.29 is 8.78 Å². The fraction of sp³-hybridized carbons (Fsp3) is 0.400. The molecule has 2 aromatic heterocycles. The van der Waals surface area contributed by atoms with Gasteiger partial charge in [-0.15, -0.1) is 10.2 Å². The molecule has 8 nitrogen and oxygen atoms in total. The second kappa shape index (κ2) is 16.9. The van der Waals surface area contributed by atoms with E-state index in [0.717, 1.165) is 77.5 Å². The monoisotopic (exact) mass is 711 g/mol. The Labute approximate surface area is 303 Å². The van der Waals surface area contributed by atoms with Gasteiger partial charge in [-0.3, -0.25) is 9.69 Å². The number of alkyl halides is 1. The molecule has 11 heteroatoms. The third-order valence-electron chi connectivity index (χ3n) is 9.58. The Balaban J connectivity index is 1.28. The largest absolute Gasteiger partial charge is 0.316 e. The fourth-order valence-corrected chi connectivity index (χ4v) is 7.79. The first-order chi connectivity index (χ1) is 24.7. The Morgan fingerprint density at radius 3 is 2.08 bits per heavy atom. The highest BCUT2D eigenvalue weighted by Crippen LogP contribution is 2.28. The molecule has 0 saturated carbocycles. The summed E-state index contributed by atoms with van der Waals surface area (Å²) in [5.74, 6) is 1.90. The molecule has 51 heavy (non-hydrogen) atoms. The molecule has 0 bridgehead atoms. The first kappa shape index (κ1) is 36.6. The fourth-order valence-electron chi connectivity index (χ4n) is 6.82. The van der Waals surface area contributed by atoms with Crippen LogP contribution in [0.15, 0.2) is 82.7 Å². The zero-order valence-electron chi connectivity index (χ0n) is 29.9. The van der Waals surface area contributed by atoms with Gasteiger partial charge in [0.05, 0.1) is 19.6 Å². The number of hydrogen-bond acceptors (Lipinski definition) is 7. The number of fused-ring (bicyclic) bond motifs is 1. The Bertz CT molecular complexity index is 1950. The molecule has 0 radical (unpaired) electrons. The first-order valence-electron chi connectivity index (χ1n) is 17.8. The van der Waals surface area contributed by atoms with Gasteiger partial charge in [-0.05, 0) is 86.9 Å². The number of thioether (sulfide) groups is 1. The zero-order valence-corrected chi connectivity index (χ0v) is 30.7. The van der Waals surface area contributed by atoms with Crippen LogP contribution < -0.4 is 10.9 Å². The molecule has 6 rings (SSSR count). The van der Waals surface area contributed by atoms with Gasteiger partial charge >= 0.3 is 0 Å². The molecular weight excluding hydrogens is 665 g/mol. The maximum Gasteiger partial charge on any atom is 0.277 e. The molecule has 0 saturated heterocycles. The van der Waals surface area contributed by atoms with Crippen molar-refractivity contribution in [2.45, 2.75) is 96.3 Å². The lowest BCUT2D eigenvalue weighted by Crippen LogP contribution is -2.41. The van der Waals surface area contributed by atoms with Crippen molar-refractivity contribution in [3.63, 3.8) is 0 Å². The molecule has 3 aromatic carbocycles. The average molecular weight is 712 g/mol. The molecule has 0 fully saturated rings. The number of hydrogen-bond donors (Lipinski definition) is 1. The van der Waals surface area contributed by atoms with Crippen LogP contribution >= 0.6 is 11.8 Å². The highest BCUT2D eigenvalue weighted by molar-refractivity contribution is 7.98. The van der Waals surface area contributed by atoms with E-state index in [4.69, 9.17) is 5.10 Å². The van der Waals surface area contributed by atoms with Gasteiger partial charge in [0.15, 0.2) is 11.0 Å². The van der Waals surface area contributed by atoms with Gasteiger partial charge in [0.2, 0.25) is 0 Å². The summed E-state index contributed by atoms with van der Waals surface area (Å²) in [5.41, 5.74) is 6.45. The third-order valence-corrected chi connectivity index (χ3v) is 10.6. The molecular formula is C40H47F2N7OS.